The summed E-state index contributed by atoms with van der Waals surface area (Å²) in [5.74, 6) is 0. The molecule has 1 unspecified atom stereocenters. The molecular weight excluding hydrogens is 132 g/mol. The Hall–Kier alpha value is -0.0100. The number of hydrogen-bond donors (Lipinski definition) is 3. The summed E-state index contributed by atoms with van der Waals surface area (Å²) in [5, 5.41) is 7.89. The lowest BCUT2D eigenvalue weighted by Gasteiger charge is -2.04. The van der Waals surface area contributed by atoms with Crippen molar-refractivity contribution in [3.8, 4) is 0 Å². The van der Waals surface area contributed by atoms with E-state index in [1.165, 1.54) is 0 Å². The van der Waals surface area contributed by atoms with Crippen LogP contribution in [-0.4, -0.2) is 27.1 Å². The number of hydroxylamine groups is 1. The molecule has 6 heteroatoms. The molecule has 3 N–H and O–H groups in total. The highest BCUT2D eigenvalue weighted by Gasteiger charge is 1.80. The third-order valence-electron chi connectivity index (χ3n) is 0.457. The van der Waals surface area contributed by atoms with Gasteiger partial charge in [-0.05, 0) is 0 Å². The van der Waals surface area contributed by atoms with E-state index < -0.39 is 11.3 Å². The maximum atomic E-state index is 9.65. The van der Waals surface area contributed by atoms with Gasteiger partial charge in [-0.2, -0.15) is 0 Å². The molecule has 50 valence electrons. The summed E-state index contributed by atoms with van der Waals surface area (Å²) in [5.41, 5.74) is 1.79. The van der Waals surface area contributed by atoms with Crippen LogP contribution in [0.25, 0.3) is 0 Å². The first-order valence-electron chi connectivity index (χ1n) is 1.97. The molecule has 0 aromatic rings. The maximum Gasteiger partial charge on any atom is 0.0342 e. The van der Waals surface area contributed by atoms with Crippen molar-refractivity contribution >= 4 is 11.3 Å². The van der Waals surface area contributed by atoms with Crippen LogP contribution in [0.1, 0.15) is 0 Å². The third kappa shape index (κ3) is 5.99. The van der Waals surface area contributed by atoms with E-state index in [4.69, 9.17) is 5.21 Å². The van der Waals surface area contributed by atoms with E-state index in [2.05, 4.69) is 0 Å². The number of rotatable bonds is 4. The summed E-state index contributed by atoms with van der Waals surface area (Å²) in [6.45, 7) is 0.417. The van der Waals surface area contributed by atoms with Crippen LogP contribution in [0, 0.1) is 0 Å². The zero-order valence-corrected chi connectivity index (χ0v) is 4.90. The Kier molecular flexibility index (Phi) is 5.13. The smallest absolute Gasteiger partial charge is 0.0342 e. The van der Waals surface area contributed by atoms with Crippen molar-refractivity contribution in [1.82, 2.24) is 10.2 Å². The fraction of sp³-hybridized carbons (Fsp3) is 1.00. The molecule has 0 aromatic heterocycles. The quantitative estimate of drug-likeness (QED) is 0.247. The van der Waals surface area contributed by atoms with Crippen LogP contribution < -0.4 is 10.2 Å². The molecular formula is C2H7N2O3S-. The fourth-order valence-corrected chi connectivity index (χ4v) is 0.459. The van der Waals surface area contributed by atoms with Crippen LogP contribution in [0.5, 0.6) is 0 Å². The summed E-state index contributed by atoms with van der Waals surface area (Å²) >= 11 is -2.22. The molecule has 1 atom stereocenters. The second-order valence-electron chi connectivity index (χ2n) is 1.04. The minimum absolute atomic E-state index is 0.201. The lowest BCUT2D eigenvalue weighted by molar-refractivity contribution is 0.169. The van der Waals surface area contributed by atoms with Crippen molar-refractivity contribution < 1.29 is 14.0 Å². The average molecular weight is 139 g/mol. The Morgan fingerprint density at radius 3 is 2.62 bits per heavy atom. The highest BCUT2D eigenvalue weighted by atomic mass is 32.2. The Morgan fingerprint density at radius 1 is 1.62 bits per heavy atom. The minimum atomic E-state index is -2.22. The highest BCUT2D eigenvalue weighted by Crippen LogP contribution is 1.58. The van der Waals surface area contributed by atoms with E-state index in [1.54, 1.807) is 5.48 Å². The van der Waals surface area contributed by atoms with Crippen LogP contribution in [-0.2, 0) is 11.3 Å². The van der Waals surface area contributed by atoms with Crippen molar-refractivity contribution in [3.63, 3.8) is 0 Å². The summed E-state index contributed by atoms with van der Waals surface area (Å²) in [4.78, 5) is 0. The molecule has 0 aromatic carbocycles. The lowest BCUT2D eigenvalue weighted by atomic mass is 10.7. The SMILES string of the molecule is O=S([O-])NCCNO. The summed E-state index contributed by atoms with van der Waals surface area (Å²) in [6, 6.07) is 0. The third-order valence-corrected chi connectivity index (χ3v) is 0.897. The van der Waals surface area contributed by atoms with E-state index in [-0.39, 0.29) is 13.1 Å². The van der Waals surface area contributed by atoms with Gasteiger partial charge < -0.3 is 9.76 Å². The van der Waals surface area contributed by atoms with Crippen molar-refractivity contribution in [2.24, 2.45) is 0 Å². The first-order valence-corrected chi connectivity index (χ1v) is 3.04. The topological polar surface area (TPSA) is 84.4 Å². The second kappa shape index (κ2) is 5.13. The first-order chi connectivity index (χ1) is 3.77. The molecule has 0 bridgehead atoms. The Morgan fingerprint density at radius 2 is 2.25 bits per heavy atom. The van der Waals surface area contributed by atoms with Gasteiger partial charge in [0.2, 0.25) is 0 Å². The van der Waals surface area contributed by atoms with Gasteiger partial charge in [0.25, 0.3) is 0 Å². The van der Waals surface area contributed by atoms with Gasteiger partial charge in [-0.25, -0.2) is 10.2 Å². The van der Waals surface area contributed by atoms with E-state index in [0.29, 0.717) is 0 Å². The van der Waals surface area contributed by atoms with Gasteiger partial charge in [0.05, 0.1) is 0 Å². The predicted octanol–water partition coefficient (Wildman–Crippen LogP) is -1.65. The van der Waals surface area contributed by atoms with Gasteiger partial charge in [0.15, 0.2) is 0 Å². The van der Waals surface area contributed by atoms with Crippen molar-refractivity contribution in [2.75, 3.05) is 13.1 Å². The standard InChI is InChI=1S/C2H8N2O3S/c5-3-1-2-4-8(6)7/h3-5H,1-2H2,(H,6,7)/p-1. The molecule has 0 rings (SSSR count). The molecule has 0 saturated carbocycles. The average Bonchev–Trinajstić information content (AvgIpc) is 1.66. The largest absolute Gasteiger partial charge is 0.760 e. The van der Waals surface area contributed by atoms with E-state index in [9.17, 15) is 8.76 Å². The molecule has 0 heterocycles. The molecule has 0 aliphatic carbocycles. The lowest BCUT2D eigenvalue weighted by Crippen LogP contribution is -2.26. The molecule has 5 nitrogen and oxygen atoms in total. The highest BCUT2D eigenvalue weighted by molar-refractivity contribution is 7.77. The van der Waals surface area contributed by atoms with E-state index >= 15 is 0 Å². The van der Waals surface area contributed by atoms with Gasteiger partial charge in [-0.3, -0.25) is 4.21 Å². The Balaban J connectivity index is 2.82. The molecule has 8 heavy (non-hydrogen) atoms. The van der Waals surface area contributed by atoms with Gasteiger partial charge in [-0.1, -0.05) is 0 Å². The van der Waals surface area contributed by atoms with Gasteiger partial charge in [-0.15, -0.1) is 0 Å². The molecule has 0 fully saturated rings. The normalized spacial score (nSPS) is 13.8. The number of nitrogens with one attached hydrogen (secondary N) is 2. The molecule has 0 saturated heterocycles. The minimum Gasteiger partial charge on any atom is -0.760 e. The fourth-order valence-electron chi connectivity index (χ4n) is 0.190. The van der Waals surface area contributed by atoms with Gasteiger partial charge >= 0.3 is 0 Å². The molecule has 0 aliphatic rings. The number of hydrogen-bond acceptors (Lipinski definition) is 4. The maximum absolute atomic E-state index is 9.65. The molecule has 0 spiro atoms. The monoisotopic (exact) mass is 139 g/mol. The van der Waals surface area contributed by atoms with Crippen LogP contribution in [0.2, 0.25) is 0 Å². The van der Waals surface area contributed by atoms with Crippen LogP contribution >= 0.6 is 0 Å². The summed E-state index contributed by atoms with van der Waals surface area (Å²) in [7, 11) is 0. The molecule has 0 radical (unpaired) electrons. The second-order valence-corrected chi connectivity index (χ2v) is 1.80. The van der Waals surface area contributed by atoms with E-state index in [1.807, 2.05) is 4.72 Å². The van der Waals surface area contributed by atoms with Crippen molar-refractivity contribution in [3.05, 3.63) is 0 Å². The first kappa shape index (κ1) is 7.99. The van der Waals surface area contributed by atoms with Crippen LogP contribution in [0.3, 0.4) is 0 Å². The Bertz CT molecular complexity index is 77.7. The van der Waals surface area contributed by atoms with E-state index in [0.717, 1.165) is 0 Å². The van der Waals surface area contributed by atoms with Crippen LogP contribution in [0.4, 0.5) is 0 Å². The van der Waals surface area contributed by atoms with Crippen LogP contribution in [0.15, 0.2) is 0 Å². The molecule has 0 aliphatic heterocycles. The summed E-state index contributed by atoms with van der Waals surface area (Å²) < 4.78 is 21.3. The molecule has 0 amide bonds. The van der Waals surface area contributed by atoms with Gasteiger partial charge in [0, 0.05) is 24.4 Å². The Labute approximate surface area is 49.5 Å². The van der Waals surface area contributed by atoms with Crippen molar-refractivity contribution in [2.45, 2.75) is 0 Å². The van der Waals surface area contributed by atoms with Crippen molar-refractivity contribution in [1.29, 1.82) is 0 Å². The zero-order chi connectivity index (χ0) is 6.41. The zero-order valence-electron chi connectivity index (χ0n) is 4.09. The van der Waals surface area contributed by atoms with Gasteiger partial charge in [0.1, 0.15) is 0 Å². The summed E-state index contributed by atoms with van der Waals surface area (Å²) in [6.07, 6.45) is 0. The predicted molar refractivity (Wildman–Crippen MR) is 26.7 cm³/mol.